The van der Waals surface area contributed by atoms with E-state index in [1.807, 2.05) is 0 Å². The van der Waals surface area contributed by atoms with E-state index in [1.165, 1.54) is 32.7 Å². The lowest BCUT2D eigenvalue weighted by atomic mass is 9.98. The Morgan fingerprint density at radius 2 is 1.64 bits per heavy atom. The monoisotopic (exact) mass is 196 g/mol. The molecule has 0 bridgehead atoms. The van der Waals surface area contributed by atoms with Crippen LogP contribution in [0.1, 0.15) is 20.8 Å². The summed E-state index contributed by atoms with van der Waals surface area (Å²) in [7, 11) is 0. The second-order valence-electron chi connectivity index (χ2n) is 5.57. The molecule has 2 aliphatic heterocycles. The van der Waals surface area contributed by atoms with Crippen molar-refractivity contribution >= 4 is 0 Å². The highest BCUT2D eigenvalue weighted by atomic mass is 15.2. The molecule has 0 radical (unpaired) electrons. The Bertz CT molecular complexity index is 183. The lowest BCUT2D eigenvalue weighted by Crippen LogP contribution is -2.30. The Morgan fingerprint density at radius 3 is 2.14 bits per heavy atom. The van der Waals surface area contributed by atoms with Gasteiger partial charge in [0.1, 0.15) is 0 Å². The van der Waals surface area contributed by atoms with Crippen molar-refractivity contribution in [3.8, 4) is 0 Å². The van der Waals surface area contributed by atoms with Gasteiger partial charge >= 0.3 is 0 Å². The standard InChI is InChI=1S/C12H24N2/c1-9-4-13-5-12(9)8-14-6-10(2)11(3)7-14/h9-13H,4-8H2,1-3H3. The predicted octanol–water partition coefficient (Wildman–Crippen LogP) is 1.43. The maximum absolute atomic E-state index is 3.49. The van der Waals surface area contributed by atoms with Gasteiger partial charge in [-0.2, -0.15) is 0 Å². The number of nitrogens with one attached hydrogen (secondary N) is 1. The summed E-state index contributed by atoms with van der Waals surface area (Å²) in [6.07, 6.45) is 0. The van der Waals surface area contributed by atoms with Gasteiger partial charge in [-0.3, -0.25) is 0 Å². The first-order valence-electron chi connectivity index (χ1n) is 6.10. The highest BCUT2D eigenvalue weighted by Crippen LogP contribution is 2.25. The SMILES string of the molecule is CC1CN(CC2CNCC2C)CC1C. The van der Waals surface area contributed by atoms with E-state index in [1.54, 1.807) is 0 Å². The summed E-state index contributed by atoms with van der Waals surface area (Å²) < 4.78 is 0. The summed E-state index contributed by atoms with van der Waals surface area (Å²) in [5.41, 5.74) is 0. The van der Waals surface area contributed by atoms with Crippen molar-refractivity contribution in [3.05, 3.63) is 0 Å². The van der Waals surface area contributed by atoms with Gasteiger partial charge in [-0.05, 0) is 36.8 Å². The largest absolute Gasteiger partial charge is 0.316 e. The molecule has 0 aromatic rings. The van der Waals surface area contributed by atoms with Crippen LogP contribution >= 0.6 is 0 Å². The molecule has 1 N–H and O–H groups in total. The number of hydrogen-bond donors (Lipinski definition) is 1. The molecule has 4 atom stereocenters. The minimum Gasteiger partial charge on any atom is -0.316 e. The zero-order valence-electron chi connectivity index (χ0n) is 9.79. The molecule has 82 valence electrons. The van der Waals surface area contributed by atoms with Gasteiger partial charge in [-0.15, -0.1) is 0 Å². The maximum atomic E-state index is 3.49. The quantitative estimate of drug-likeness (QED) is 0.719. The highest BCUT2D eigenvalue weighted by molar-refractivity contribution is 4.85. The third kappa shape index (κ3) is 2.12. The van der Waals surface area contributed by atoms with E-state index in [0.29, 0.717) is 0 Å². The zero-order valence-corrected chi connectivity index (χ0v) is 9.79. The molecular weight excluding hydrogens is 172 g/mol. The van der Waals surface area contributed by atoms with Crippen molar-refractivity contribution < 1.29 is 0 Å². The molecule has 2 aliphatic rings. The molecule has 2 fully saturated rings. The Morgan fingerprint density at radius 1 is 1.00 bits per heavy atom. The van der Waals surface area contributed by atoms with Crippen LogP contribution in [-0.2, 0) is 0 Å². The molecule has 2 nitrogen and oxygen atoms in total. The number of rotatable bonds is 2. The molecule has 14 heavy (non-hydrogen) atoms. The fraction of sp³-hybridized carbons (Fsp3) is 1.00. The first-order valence-corrected chi connectivity index (χ1v) is 6.10. The molecular formula is C12H24N2. The van der Waals surface area contributed by atoms with Gasteiger partial charge < -0.3 is 10.2 Å². The van der Waals surface area contributed by atoms with Gasteiger partial charge in [-0.25, -0.2) is 0 Å². The van der Waals surface area contributed by atoms with Crippen LogP contribution in [0.2, 0.25) is 0 Å². The van der Waals surface area contributed by atoms with E-state index in [4.69, 9.17) is 0 Å². The van der Waals surface area contributed by atoms with E-state index in [9.17, 15) is 0 Å². The van der Waals surface area contributed by atoms with Crippen molar-refractivity contribution in [1.82, 2.24) is 10.2 Å². The highest BCUT2D eigenvalue weighted by Gasteiger charge is 2.30. The molecule has 2 rings (SSSR count). The number of likely N-dealkylation sites (tertiary alicyclic amines) is 1. The Hall–Kier alpha value is -0.0800. The van der Waals surface area contributed by atoms with Crippen LogP contribution in [0.3, 0.4) is 0 Å². The van der Waals surface area contributed by atoms with E-state index in [-0.39, 0.29) is 0 Å². The minimum atomic E-state index is 0.876. The number of hydrogen-bond acceptors (Lipinski definition) is 2. The Balaban J connectivity index is 1.81. The van der Waals surface area contributed by atoms with Crippen LogP contribution < -0.4 is 5.32 Å². The molecule has 0 amide bonds. The molecule has 2 heterocycles. The second-order valence-corrected chi connectivity index (χ2v) is 5.57. The summed E-state index contributed by atoms with van der Waals surface area (Å²) >= 11 is 0. The zero-order chi connectivity index (χ0) is 10.1. The second kappa shape index (κ2) is 4.19. The summed E-state index contributed by atoms with van der Waals surface area (Å²) in [4.78, 5) is 2.67. The summed E-state index contributed by atoms with van der Waals surface area (Å²) in [5, 5.41) is 3.49. The van der Waals surface area contributed by atoms with E-state index >= 15 is 0 Å². The van der Waals surface area contributed by atoms with Crippen molar-refractivity contribution in [3.63, 3.8) is 0 Å². The minimum absolute atomic E-state index is 0.876. The molecule has 0 saturated carbocycles. The van der Waals surface area contributed by atoms with E-state index < -0.39 is 0 Å². The van der Waals surface area contributed by atoms with Gasteiger partial charge in [0.2, 0.25) is 0 Å². The van der Waals surface area contributed by atoms with Crippen molar-refractivity contribution in [2.75, 3.05) is 32.7 Å². The average molecular weight is 196 g/mol. The van der Waals surface area contributed by atoms with E-state index in [2.05, 4.69) is 31.0 Å². The Kier molecular flexibility index (Phi) is 3.13. The summed E-state index contributed by atoms with van der Waals surface area (Å²) in [6, 6.07) is 0. The van der Waals surface area contributed by atoms with Crippen molar-refractivity contribution in [2.45, 2.75) is 20.8 Å². The fourth-order valence-electron chi connectivity index (χ4n) is 2.84. The van der Waals surface area contributed by atoms with Gasteiger partial charge in [-0.1, -0.05) is 20.8 Å². The molecule has 4 unspecified atom stereocenters. The first-order chi connectivity index (χ1) is 6.66. The smallest absolute Gasteiger partial charge is 0.00251 e. The molecule has 0 aliphatic carbocycles. The normalized spacial score (nSPS) is 44.8. The van der Waals surface area contributed by atoms with Crippen LogP contribution in [0.5, 0.6) is 0 Å². The van der Waals surface area contributed by atoms with Crippen molar-refractivity contribution in [2.24, 2.45) is 23.7 Å². The van der Waals surface area contributed by atoms with Crippen LogP contribution in [0.4, 0.5) is 0 Å². The molecule has 0 spiro atoms. The lowest BCUT2D eigenvalue weighted by molar-refractivity contribution is 0.251. The summed E-state index contributed by atoms with van der Waals surface area (Å²) in [5.74, 6) is 3.58. The van der Waals surface area contributed by atoms with Crippen LogP contribution in [0, 0.1) is 23.7 Å². The van der Waals surface area contributed by atoms with Crippen LogP contribution in [0.25, 0.3) is 0 Å². The number of nitrogens with zero attached hydrogens (tertiary/aromatic N) is 1. The molecule has 2 heteroatoms. The van der Waals surface area contributed by atoms with Gasteiger partial charge in [0, 0.05) is 19.6 Å². The third-order valence-electron chi connectivity index (χ3n) is 4.23. The Labute approximate surface area is 88.1 Å². The molecule has 0 aromatic heterocycles. The van der Waals surface area contributed by atoms with Gasteiger partial charge in [0.25, 0.3) is 0 Å². The fourth-order valence-corrected chi connectivity index (χ4v) is 2.84. The van der Waals surface area contributed by atoms with Crippen LogP contribution in [-0.4, -0.2) is 37.6 Å². The first kappa shape index (κ1) is 10.4. The third-order valence-corrected chi connectivity index (χ3v) is 4.23. The van der Waals surface area contributed by atoms with Gasteiger partial charge in [0.05, 0.1) is 0 Å². The lowest BCUT2D eigenvalue weighted by Gasteiger charge is -2.22. The van der Waals surface area contributed by atoms with Gasteiger partial charge in [0.15, 0.2) is 0 Å². The van der Waals surface area contributed by atoms with E-state index in [0.717, 1.165) is 23.7 Å². The predicted molar refractivity (Wildman–Crippen MR) is 60.3 cm³/mol. The maximum Gasteiger partial charge on any atom is 0.00251 e. The molecule has 2 saturated heterocycles. The topological polar surface area (TPSA) is 15.3 Å². The molecule has 0 aromatic carbocycles. The van der Waals surface area contributed by atoms with Crippen molar-refractivity contribution in [1.29, 1.82) is 0 Å². The van der Waals surface area contributed by atoms with Crippen LogP contribution in [0.15, 0.2) is 0 Å². The summed E-state index contributed by atoms with van der Waals surface area (Å²) in [6.45, 7) is 13.6. The average Bonchev–Trinajstić information content (AvgIpc) is 2.63.